The third-order valence-electron chi connectivity index (χ3n) is 3.32. The van der Waals surface area contributed by atoms with Crippen LogP contribution in [0.4, 0.5) is 5.69 Å². The van der Waals surface area contributed by atoms with Gasteiger partial charge in [0.2, 0.25) is 0 Å². The highest BCUT2D eigenvalue weighted by molar-refractivity contribution is 5.99. The van der Waals surface area contributed by atoms with Gasteiger partial charge in [0.15, 0.2) is 0 Å². The number of aryl methyl sites for hydroxylation is 1. The first-order valence-electron chi connectivity index (χ1n) is 6.81. The minimum atomic E-state index is -0.0162. The second-order valence-corrected chi connectivity index (χ2v) is 4.90. The van der Waals surface area contributed by atoms with Crippen molar-refractivity contribution in [2.45, 2.75) is 20.4 Å². The molecule has 0 spiro atoms. The molecule has 0 aromatic heterocycles. The first kappa shape index (κ1) is 14.1. The highest BCUT2D eigenvalue weighted by atomic mass is 16.2. The van der Waals surface area contributed by atoms with Gasteiger partial charge in [0.05, 0.1) is 5.56 Å². The highest BCUT2D eigenvalue weighted by Gasteiger charge is 2.17. The molecule has 1 amide bonds. The minimum Gasteiger partial charge on any atom is -0.398 e. The molecule has 0 radical (unpaired) electrons. The monoisotopic (exact) mass is 268 g/mol. The van der Waals surface area contributed by atoms with E-state index < -0.39 is 0 Å². The zero-order valence-corrected chi connectivity index (χ0v) is 12.0. The first-order chi connectivity index (χ1) is 9.61. The topological polar surface area (TPSA) is 46.3 Å². The Labute approximate surface area is 120 Å². The number of carbonyl (C=O) groups excluding carboxylic acids is 1. The van der Waals surface area contributed by atoms with Crippen LogP contribution in [0.2, 0.25) is 0 Å². The number of benzene rings is 2. The molecule has 0 atom stereocenters. The lowest BCUT2D eigenvalue weighted by molar-refractivity contribution is 0.0753. The normalized spacial score (nSPS) is 10.3. The van der Waals surface area contributed by atoms with Gasteiger partial charge in [-0.05, 0) is 31.5 Å². The van der Waals surface area contributed by atoms with Gasteiger partial charge in [-0.25, -0.2) is 0 Å². The van der Waals surface area contributed by atoms with Gasteiger partial charge < -0.3 is 10.6 Å². The van der Waals surface area contributed by atoms with Crippen LogP contribution >= 0.6 is 0 Å². The zero-order valence-electron chi connectivity index (χ0n) is 12.0. The number of rotatable bonds is 4. The van der Waals surface area contributed by atoms with Gasteiger partial charge in [-0.3, -0.25) is 4.79 Å². The Morgan fingerprint density at radius 1 is 1.15 bits per heavy atom. The first-order valence-corrected chi connectivity index (χ1v) is 6.81. The van der Waals surface area contributed by atoms with Crippen molar-refractivity contribution in [3.05, 3.63) is 65.2 Å². The number of nitrogen functional groups attached to an aromatic ring is 1. The lowest BCUT2D eigenvalue weighted by Gasteiger charge is -2.22. The predicted octanol–water partition coefficient (Wildman–Crippen LogP) is 3.24. The van der Waals surface area contributed by atoms with Gasteiger partial charge >= 0.3 is 0 Å². The summed E-state index contributed by atoms with van der Waals surface area (Å²) in [5.74, 6) is -0.0162. The van der Waals surface area contributed by atoms with Crippen molar-refractivity contribution in [1.29, 1.82) is 0 Å². The molecule has 2 N–H and O–H groups in total. The molecule has 0 bridgehead atoms. The summed E-state index contributed by atoms with van der Waals surface area (Å²) in [6.45, 7) is 5.20. The Hall–Kier alpha value is -2.29. The summed E-state index contributed by atoms with van der Waals surface area (Å²) in [6, 6.07) is 15.5. The van der Waals surface area contributed by atoms with E-state index in [0.29, 0.717) is 24.3 Å². The maximum absolute atomic E-state index is 12.6. The van der Waals surface area contributed by atoms with Crippen LogP contribution in [0, 0.1) is 6.92 Å². The van der Waals surface area contributed by atoms with Gasteiger partial charge in [-0.2, -0.15) is 0 Å². The largest absolute Gasteiger partial charge is 0.398 e. The molecule has 0 unspecified atom stereocenters. The van der Waals surface area contributed by atoms with Crippen molar-refractivity contribution in [1.82, 2.24) is 4.90 Å². The van der Waals surface area contributed by atoms with Gasteiger partial charge in [-0.1, -0.05) is 42.0 Å². The number of nitrogens with two attached hydrogens (primary N) is 1. The van der Waals surface area contributed by atoms with Crippen LogP contribution in [0.3, 0.4) is 0 Å². The second-order valence-electron chi connectivity index (χ2n) is 4.90. The number of hydrogen-bond acceptors (Lipinski definition) is 2. The van der Waals surface area contributed by atoms with E-state index in [1.807, 2.05) is 56.3 Å². The summed E-state index contributed by atoms with van der Waals surface area (Å²) in [5, 5.41) is 0. The molecular weight excluding hydrogens is 248 g/mol. The van der Waals surface area contributed by atoms with E-state index >= 15 is 0 Å². The fraction of sp³-hybridized carbons (Fsp3) is 0.235. The van der Waals surface area contributed by atoms with E-state index in [1.165, 1.54) is 0 Å². The highest BCUT2D eigenvalue weighted by Crippen LogP contribution is 2.17. The van der Waals surface area contributed by atoms with Crippen LogP contribution < -0.4 is 5.73 Å². The van der Waals surface area contributed by atoms with E-state index in [4.69, 9.17) is 5.73 Å². The molecule has 2 aromatic carbocycles. The number of carbonyl (C=O) groups is 1. The summed E-state index contributed by atoms with van der Waals surface area (Å²) in [7, 11) is 0. The molecule has 0 saturated heterocycles. The fourth-order valence-electron chi connectivity index (χ4n) is 2.16. The minimum absolute atomic E-state index is 0.0162. The molecular formula is C17H20N2O. The van der Waals surface area contributed by atoms with E-state index in [0.717, 1.165) is 11.1 Å². The molecule has 0 aliphatic rings. The van der Waals surface area contributed by atoms with Gasteiger partial charge in [-0.15, -0.1) is 0 Å². The number of amides is 1. The van der Waals surface area contributed by atoms with Crippen molar-refractivity contribution in [2.75, 3.05) is 12.3 Å². The average Bonchev–Trinajstić information content (AvgIpc) is 2.47. The van der Waals surface area contributed by atoms with Crippen LogP contribution in [-0.2, 0) is 6.54 Å². The SMILES string of the molecule is CCN(Cc1ccccc1)C(=O)c1cc(C)ccc1N. The lowest BCUT2D eigenvalue weighted by Crippen LogP contribution is -2.30. The molecule has 3 nitrogen and oxygen atoms in total. The second kappa shape index (κ2) is 6.24. The molecule has 0 heterocycles. The summed E-state index contributed by atoms with van der Waals surface area (Å²) in [6.07, 6.45) is 0. The van der Waals surface area contributed by atoms with E-state index in [2.05, 4.69) is 0 Å². The van der Waals surface area contributed by atoms with Gasteiger partial charge in [0.1, 0.15) is 0 Å². The molecule has 2 aromatic rings. The maximum Gasteiger partial charge on any atom is 0.256 e. The fourth-order valence-corrected chi connectivity index (χ4v) is 2.16. The average molecular weight is 268 g/mol. The molecule has 0 saturated carbocycles. The predicted molar refractivity (Wildman–Crippen MR) is 82.4 cm³/mol. The molecule has 2 rings (SSSR count). The quantitative estimate of drug-likeness (QED) is 0.865. The molecule has 104 valence electrons. The molecule has 3 heteroatoms. The summed E-state index contributed by atoms with van der Waals surface area (Å²) < 4.78 is 0. The Morgan fingerprint density at radius 2 is 1.85 bits per heavy atom. The van der Waals surface area contributed by atoms with Crippen LogP contribution in [0.25, 0.3) is 0 Å². The van der Waals surface area contributed by atoms with Gasteiger partial charge in [0, 0.05) is 18.8 Å². The van der Waals surface area contributed by atoms with Crippen LogP contribution in [-0.4, -0.2) is 17.4 Å². The van der Waals surface area contributed by atoms with Crippen molar-refractivity contribution in [2.24, 2.45) is 0 Å². The molecule has 0 aliphatic heterocycles. The van der Waals surface area contributed by atoms with Gasteiger partial charge in [0.25, 0.3) is 5.91 Å². The molecule has 0 fully saturated rings. The Morgan fingerprint density at radius 3 is 2.50 bits per heavy atom. The Balaban J connectivity index is 2.23. The van der Waals surface area contributed by atoms with Crippen LogP contribution in [0.5, 0.6) is 0 Å². The Bertz CT molecular complexity index is 593. The van der Waals surface area contributed by atoms with Crippen LogP contribution in [0.1, 0.15) is 28.4 Å². The standard InChI is InChI=1S/C17H20N2O/c1-3-19(12-14-7-5-4-6-8-14)17(20)15-11-13(2)9-10-16(15)18/h4-11H,3,12,18H2,1-2H3. The molecule has 0 aliphatic carbocycles. The molecule has 20 heavy (non-hydrogen) atoms. The van der Waals surface area contributed by atoms with E-state index in [1.54, 1.807) is 11.0 Å². The summed E-state index contributed by atoms with van der Waals surface area (Å²) >= 11 is 0. The zero-order chi connectivity index (χ0) is 14.5. The van der Waals surface area contributed by atoms with Crippen molar-refractivity contribution < 1.29 is 4.79 Å². The number of hydrogen-bond donors (Lipinski definition) is 1. The van der Waals surface area contributed by atoms with Crippen molar-refractivity contribution >= 4 is 11.6 Å². The number of nitrogens with zero attached hydrogens (tertiary/aromatic N) is 1. The van der Waals surface area contributed by atoms with Crippen molar-refractivity contribution in [3.8, 4) is 0 Å². The van der Waals surface area contributed by atoms with E-state index in [9.17, 15) is 4.79 Å². The van der Waals surface area contributed by atoms with Crippen LogP contribution in [0.15, 0.2) is 48.5 Å². The van der Waals surface area contributed by atoms with E-state index in [-0.39, 0.29) is 5.91 Å². The summed E-state index contributed by atoms with van der Waals surface area (Å²) in [4.78, 5) is 14.4. The lowest BCUT2D eigenvalue weighted by atomic mass is 10.1. The summed E-state index contributed by atoms with van der Waals surface area (Å²) in [5.41, 5.74) is 9.21. The smallest absolute Gasteiger partial charge is 0.256 e. The third kappa shape index (κ3) is 3.18. The third-order valence-corrected chi connectivity index (χ3v) is 3.32. The number of anilines is 1. The maximum atomic E-state index is 12.6. The van der Waals surface area contributed by atoms with Crippen molar-refractivity contribution in [3.63, 3.8) is 0 Å². The Kier molecular flexibility index (Phi) is 4.41.